The lowest BCUT2D eigenvalue weighted by Crippen LogP contribution is -2.31. The minimum Gasteiger partial charge on any atom is -0.512 e. The van der Waals surface area contributed by atoms with Crippen molar-refractivity contribution >= 4 is 11.8 Å². The highest BCUT2D eigenvalue weighted by Gasteiger charge is 2.36. The molecule has 94 valence electrons. The van der Waals surface area contributed by atoms with Gasteiger partial charge in [-0.15, -0.1) is 0 Å². The number of hydrogen-bond donors (Lipinski definition) is 1. The number of ketones is 1. The lowest BCUT2D eigenvalue weighted by atomic mass is 9.86. The van der Waals surface area contributed by atoms with E-state index in [0.29, 0.717) is 6.42 Å². The molecule has 0 radical (unpaired) electrons. The van der Waals surface area contributed by atoms with Crippen LogP contribution in [0.15, 0.2) is 11.3 Å². The molecule has 0 spiro atoms. The number of carbonyl (C=O) groups excluding carboxylic acids is 2. The number of Topliss-reactive ketones (excluding diaryl/α,β-unsaturated/α-hetero) is 1. The third-order valence-electron chi connectivity index (χ3n) is 2.59. The smallest absolute Gasteiger partial charge is 0.320 e. The highest BCUT2D eigenvalue weighted by Crippen LogP contribution is 2.27. The lowest BCUT2D eigenvalue weighted by Gasteiger charge is -2.19. The third-order valence-corrected chi connectivity index (χ3v) is 2.59. The van der Waals surface area contributed by atoms with Crippen molar-refractivity contribution in [2.45, 2.75) is 19.3 Å². The number of carbonyl (C=O) groups is 2. The first kappa shape index (κ1) is 13.1. The Bertz CT molecular complexity index is 386. The largest absolute Gasteiger partial charge is 0.512 e. The number of aliphatic hydroxyl groups is 1. The number of nitrogens with zero attached hydrogens (tertiary/aromatic N) is 1. The number of ether oxygens (including phenoxy) is 1. The van der Waals surface area contributed by atoms with Crippen LogP contribution in [0, 0.1) is 16.0 Å². The van der Waals surface area contributed by atoms with Crippen molar-refractivity contribution in [3.05, 3.63) is 21.4 Å². The Labute approximate surface area is 97.2 Å². The van der Waals surface area contributed by atoms with Crippen molar-refractivity contribution in [3.63, 3.8) is 0 Å². The molecule has 0 aromatic rings. The summed E-state index contributed by atoms with van der Waals surface area (Å²) in [6.07, 6.45) is 0.928. The molecule has 7 heteroatoms. The van der Waals surface area contributed by atoms with Gasteiger partial charge in [0.05, 0.1) is 12.7 Å². The molecule has 0 saturated carbocycles. The summed E-state index contributed by atoms with van der Waals surface area (Å²) in [5, 5.41) is 20.1. The zero-order valence-corrected chi connectivity index (χ0v) is 9.34. The molecule has 0 bridgehead atoms. The van der Waals surface area contributed by atoms with Crippen molar-refractivity contribution in [1.82, 2.24) is 0 Å². The Kier molecular flexibility index (Phi) is 4.19. The van der Waals surface area contributed by atoms with Gasteiger partial charge >= 0.3 is 5.97 Å². The number of nitro groups is 1. The summed E-state index contributed by atoms with van der Waals surface area (Å²) < 4.78 is 4.42. The summed E-state index contributed by atoms with van der Waals surface area (Å²) in [6.45, 7) is -0.752. The van der Waals surface area contributed by atoms with Gasteiger partial charge in [-0.25, -0.2) is 0 Å². The maximum Gasteiger partial charge on any atom is 0.320 e. The molecule has 1 rings (SSSR count). The van der Waals surface area contributed by atoms with Crippen LogP contribution >= 0.6 is 0 Å². The minimum absolute atomic E-state index is 0.167. The summed E-state index contributed by atoms with van der Waals surface area (Å²) in [7, 11) is 1.08. The summed E-state index contributed by atoms with van der Waals surface area (Å²) in [5.74, 6) is -2.86. The second-order valence-corrected chi connectivity index (χ2v) is 3.73. The summed E-state index contributed by atoms with van der Waals surface area (Å²) in [4.78, 5) is 32.8. The number of esters is 1. The van der Waals surface area contributed by atoms with Crippen LogP contribution < -0.4 is 0 Å². The maximum atomic E-state index is 11.6. The predicted octanol–water partition coefficient (Wildman–Crippen LogP) is 0.617. The van der Waals surface area contributed by atoms with E-state index in [4.69, 9.17) is 0 Å². The van der Waals surface area contributed by atoms with Crippen molar-refractivity contribution in [1.29, 1.82) is 0 Å². The molecule has 0 fully saturated rings. The summed E-state index contributed by atoms with van der Waals surface area (Å²) >= 11 is 0. The highest BCUT2D eigenvalue weighted by molar-refractivity contribution is 6.01. The number of methoxy groups -OCH3 is 1. The van der Waals surface area contributed by atoms with Gasteiger partial charge in [0.15, 0.2) is 11.7 Å². The standard InChI is InChI=1S/C10H13NO6/c1-17-10(14)6(5-11(15)16)9-7(12)3-2-4-8(9)13/h6,12H,2-5H2,1H3. The van der Waals surface area contributed by atoms with E-state index >= 15 is 0 Å². The Balaban J connectivity index is 3.07. The van der Waals surface area contributed by atoms with Gasteiger partial charge in [-0.3, -0.25) is 19.7 Å². The van der Waals surface area contributed by atoms with Crippen LogP contribution in [-0.4, -0.2) is 35.4 Å². The van der Waals surface area contributed by atoms with Crippen LogP contribution in [0.5, 0.6) is 0 Å². The summed E-state index contributed by atoms with van der Waals surface area (Å²) in [6, 6.07) is 0. The van der Waals surface area contributed by atoms with Gasteiger partial charge in [-0.2, -0.15) is 0 Å². The molecule has 1 unspecified atom stereocenters. The van der Waals surface area contributed by atoms with E-state index in [1.807, 2.05) is 0 Å². The Morgan fingerprint density at radius 3 is 2.71 bits per heavy atom. The third kappa shape index (κ3) is 3.02. The first-order valence-electron chi connectivity index (χ1n) is 5.12. The van der Waals surface area contributed by atoms with Gasteiger partial charge < -0.3 is 9.84 Å². The Morgan fingerprint density at radius 2 is 2.24 bits per heavy atom. The van der Waals surface area contributed by atoms with E-state index < -0.39 is 29.1 Å². The topological polar surface area (TPSA) is 107 Å². The quantitative estimate of drug-likeness (QED) is 0.440. The predicted molar refractivity (Wildman–Crippen MR) is 55.9 cm³/mol. The van der Waals surface area contributed by atoms with Crippen LogP contribution in [0.1, 0.15) is 19.3 Å². The fourth-order valence-electron chi connectivity index (χ4n) is 1.82. The molecule has 1 aliphatic rings. The van der Waals surface area contributed by atoms with Crippen LogP contribution in [0.4, 0.5) is 0 Å². The monoisotopic (exact) mass is 243 g/mol. The number of allylic oxidation sites excluding steroid dienone is 1. The van der Waals surface area contributed by atoms with Crippen LogP contribution in [0.3, 0.4) is 0 Å². The Hall–Kier alpha value is -1.92. The molecule has 1 aliphatic carbocycles. The van der Waals surface area contributed by atoms with E-state index in [0.717, 1.165) is 7.11 Å². The lowest BCUT2D eigenvalue weighted by molar-refractivity contribution is -0.484. The second-order valence-electron chi connectivity index (χ2n) is 3.73. The molecular weight excluding hydrogens is 230 g/mol. The van der Waals surface area contributed by atoms with Gasteiger partial charge in [0.25, 0.3) is 0 Å². The van der Waals surface area contributed by atoms with Gasteiger partial charge in [-0.05, 0) is 6.42 Å². The van der Waals surface area contributed by atoms with Gasteiger partial charge in [0.1, 0.15) is 5.76 Å². The highest BCUT2D eigenvalue weighted by atomic mass is 16.6. The second kappa shape index (κ2) is 5.42. The van der Waals surface area contributed by atoms with Crippen LogP contribution in [0.25, 0.3) is 0 Å². The van der Waals surface area contributed by atoms with Crippen molar-refractivity contribution in [2.24, 2.45) is 5.92 Å². The SMILES string of the molecule is COC(=O)C(C[N+](=O)[O-])C1=C(O)CCCC1=O. The molecule has 17 heavy (non-hydrogen) atoms. The van der Waals surface area contributed by atoms with Crippen molar-refractivity contribution < 1.29 is 24.4 Å². The zero-order valence-electron chi connectivity index (χ0n) is 9.34. The molecule has 0 aromatic heterocycles. The first-order chi connectivity index (χ1) is 7.97. The Morgan fingerprint density at radius 1 is 1.59 bits per heavy atom. The fourth-order valence-corrected chi connectivity index (χ4v) is 1.82. The molecule has 0 heterocycles. The average molecular weight is 243 g/mol. The molecule has 0 aliphatic heterocycles. The van der Waals surface area contributed by atoms with Gasteiger partial charge in [0, 0.05) is 17.8 Å². The van der Waals surface area contributed by atoms with Gasteiger partial charge in [-0.1, -0.05) is 0 Å². The van der Waals surface area contributed by atoms with E-state index in [2.05, 4.69) is 4.74 Å². The number of aliphatic hydroxyl groups excluding tert-OH is 1. The molecule has 7 nitrogen and oxygen atoms in total. The summed E-state index contributed by atoms with van der Waals surface area (Å²) in [5.41, 5.74) is -0.167. The zero-order chi connectivity index (χ0) is 13.0. The molecule has 0 aromatic carbocycles. The average Bonchev–Trinajstić information content (AvgIpc) is 2.26. The molecule has 0 amide bonds. The number of hydrogen-bond acceptors (Lipinski definition) is 6. The van der Waals surface area contributed by atoms with Crippen LogP contribution in [0.2, 0.25) is 0 Å². The molecule has 0 saturated heterocycles. The van der Waals surface area contributed by atoms with Crippen molar-refractivity contribution in [3.8, 4) is 0 Å². The first-order valence-corrected chi connectivity index (χ1v) is 5.12. The normalized spacial score (nSPS) is 17.8. The maximum absolute atomic E-state index is 11.6. The fraction of sp³-hybridized carbons (Fsp3) is 0.600. The minimum atomic E-state index is -1.32. The molecule has 1 atom stereocenters. The molecule has 1 N–H and O–H groups in total. The van der Waals surface area contributed by atoms with E-state index in [1.165, 1.54) is 0 Å². The van der Waals surface area contributed by atoms with Gasteiger partial charge in [0.2, 0.25) is 6.54 Å². The molecular formula is C10H13NO6. The number of rotatable bonds is 4. The van der Waals surface area contributed by atoms with E-state index in [9.17, 15) is 24.8 Å². The van der Waals surface area contributed by atoms with E-state index in [-0.39, 0.29) is 24.2 Å². The van der Waals surface area contributed by atoms with Crippen LogP contribution in [-0.2, 0) is 14.3 Å². The van der Waals surface area contributed by atoms with Crippen molar-refractivity contribution in [2.75, 3.05) is 13.7 Å². The van der Waals surface area contributed by atoms with E-state index in [1.54, 1.807) is 0 Å².